The molecule has 0 spiro atoms. The van der Waals surface area contributed by atoms with Crippen molar-refractivity contribution in [1.82, 2.24) is 20.2 Å². The van der Waals surface area contributed by atoms with Gasteiger partial charge in [-0.15, -0.1) is 0 Å². The fraction of sp³-hybridized carbons (Fsp3) is 0.143. The van der Waals surface area contributed by atoms with Crippen molar-refractivity contribution in [3.05, 3.63) is 24.3 Å². The molecule has 0 saturated heterocycles. The summed E-state index contributed by atoms with van der Waals surface area (Å²) >= 11 is 0. The Hall–Kier alpha value is -1.58. The zero-order valence-corrected chi connectivity index (χ0v) is 6.02. The second-order valence-corrected chi connectivity index (χ2v) is 2.22. The Morgan fingerprint density at radius 1 is 1.18 bits per heavy atom. The van der Waals surface area contributed by atoms with Crippen LogP contribution in [0.2, 0.25) is 0 Å². The molecule has 0 aromatic carbocycles. The third kappa shape index (κ3) is 0.920. The lowest BCUT2D eigenvalue weighted by atomic mass is 10.3. The van der Waals surface area contributed by atoms with Gasteiger partial charge in [-0.1, -0.05) is 0 Å². The number of fused-ring (bicyclic) bond motifs is 1. The van der Waals surface area contributed by atoms with Gasteiger partial charge in [-0.25, -0.2) is 0 Å². The van der Waals surface area contributed by atoms with E-state index in [0.717, 1.165) is 16.7 Å². The summed E-state index contributed by atoms with van der Waals surface area (Å²) in [6.07, 6.45) is 4.90. The highest BCUT2D eigenvalue weighted by atomic mass is 15.1. The molecule has 11 heavy (non-hydrogen) atoms. The van der Waals surface area contributed by atoms with Gasteiger partial charge < -0.3 is 0 Å². The Labute approximate surface area is 63.3 Å². The Bertz CT molecular complexity index is 380. The molecule has 2 aromatic heterocycles. The molecular formula is C7H6N4. The molecule has 4 heteroatoms. The van der Waals surface area contributed by atoms with Crippen LogP contribution in [0.1, 0.15) is 5.69 Å². The van der Waals surface area contributed by atoms with E-state index in [9.17, 15) is 0 Å². The molecule has 0 aliphatic heterocycles. The molecule has 2 rings (SSSR count). The molecule has 0 saturated carbocycles. The third-order valence-corrected chi connectivity index (χ3v) is 1.46. The van der Waals surface area contributed by atoms with Gasteiger partial charge in [0.2, 0.25) is 0 Å². The largest absolute Gasteiger partial charge is 0.251 e. The SMILES string of the molecule is Cc1nncc2nccnc12. The Kier molecular flexibility index (Phi) is 1.25. The maximum absolute atomic E-state index is 4.12. The molecule has 54 valence electrons. The first kappa shape index (κ1) is 6.15. The van der Waals surface area contributed by atoms with Crippen LogP contribution in [-0.2, 0) is 0 Å². The molecule has 0 aliphatic rings. The lowest BCUT2D eigenvalue weighted by Crippen LogP contribution is -1.91. The molecule has 0 N–H and O–H groups in total. The average molecular weight is 146 g/mol. The van der Waals surface area contributed by atoms with Crippen molar-refractivity contribution in [3.8, 4) is 0 Å². The normalized spacial score (nSPS) is 10.3. The molecule has 0 amide bonds. The minimum absolute atomic E-state index is 0.792. The Morgan fingerprint density at radius 2 is 2.00 bits per heavy atom. The van der Waals surface area contributed by atoms with Crippen LogP contribution in [0.3, 0.4) is 0 Å². The van der Waals surface area contributed by atoms with Crippen LogP contribution in [-0.4, -0.2) is 20.2 Å². The van der Waals surface area contributed by atoms with Gasteiger partial charge in [-0.3, -0.25) is 9.97 Å². The summed E-state index contributed by atoms with van der Waals surface area (Å²) in [5.41, 5.74) is 2.43. The van der Waals surface area contributed by atoms with Crippen molar-refractivity contribution < 1.29 is 0 Å². The van der Waals surface area contributed by atoms with Crippen molar-refractivity contribution in [2.75, 3.05) is 0 Å². The van der Waals surface area contributed by atoms with Gasteiger partial charge >= 0.3 is 0 Å². The van der Waals surface area contributed by atoms with E-state index >= 15 is 0 Å². The summed E-state index contributed by atoms with van der Waals surface area (Å²) < 4.78 is 0. The first-order valence-electron chi connectivity index (χ1n) is 3.27. The van der Waals surface area contributed by atoms with Crippen molar-refractivity contribution >= 4 is 11.0 Å². The van der Waals surface area contributed by atoms with E-state index in [0.29, 0.717) is 0 Å². The maximum Gasteiger partial charge on any atom is 0.113 e. The van der Waals surface area contributed by atoms with E-state index in [-0.39, 0.29) is 0 Å². The monoisotopic (exact) mass is 146 g/mol. The van der Waals surface area contributed by atoms with E-state index in [4.69, 9.17) is 0 Å². The summed E-state index contributed by atoms with van der Waals surface area (Å²) in [6.45, 7) is 1.87. The molecule has 0 atom stereocenters. The number of hydrogen-bond acceptors (Lipinski definition) is 4. The minimum atomic E-state index is 0.792. The predicted octanol–water partition coefficient (Wildman–Crippen LogP) is 0.728. The average Bonchev–Trinajstić information content (AvgIpc) is 2.06. The summed E-state index contributed by atoms with van der Waals surface area (Å²) in [5.74, 6) is 0. The summed E-state index contributed by atoms with van der Waals surface area (Å²) in [7, 11) is 0. The van der Waals surface area contributed by atoms with Crippen LogP contribution in [0, 0.1) is 6.92 Å². The van der Waals surface area contributed by atoms with Crippen LogP contribution in [0.5, 0.6) is 0 Å². The molecule has 2 heterocycles. The lowest BCUT2D eigenvalue weighted by Gasteiger charge is -1.94. The number of aryl methyl sites for hydroxylation is 1. The van der Waals surface area contributed by atoms with Gasteiger partial charge in [-0.2, -0.15) is 10.2 Å². The quantitative estimate of drug-likeness (QED) is 0.549. The number of nitrogens with zero attached hydrogens (tertiary/aromatic N) is 4. The smallest absolute Gasteiger partial charge is 0.113 e. The second kappa shape index (κ2) is 2.23. The van der Waals surface area contributed by atoms with E-state index in [1.54, 1.807) is 18.6 Å². The zero-order chi connectivity index (χ0) is 7.68. The molecule has 0 fully saturated rings. The number of hydrogen-bond donors (Lipinski definition) is 0. The highest BCUT2D eigenvalue weighted by Gasteiger charge is 1.97. The van der Waals surface area contributed by atoms with Crippen molar-refractivity contribution in [1.29, 1.82) is 0 Å². The first-order valence-corrected chi connectivity index (χ1v) is 3.27. The van der Waals surface area contributed by atoms with E-state index in [2.05, 4.69) is 20.2 Å². The molecule has 2 aromatic rings. The van der Waals surface area contributed by atoms with Gasteiger partial charge in [0, 0.05) is 12.4 Å². The van der Waals surface area contributed by atoms with Crippen molar-refractivity contribution in [2.24, 2.45) is 0 Å². The molecule has 0 radical (unpaired) electrons. The first-order chi connectivity index (χ1) is 5.38. The molecule has 4 nitrogen and oxygen atoms in total. The second-order valence-electron chi connectivity index (χ2n) is 2.22. The topological polar surface area (TPSA) is 51.6 Å². The highest BCUT2D eigenvalue weighted by molar-refractivity contribution is 5.74. The third-order valence-electron chi connectivity index (χ3n) is 1.46. The van der Waals surface area contributed by atoms with E-state index in [1.807, 2.05) is 6.92 Å². The highest BCUT2D eigenvalue weighted by Crippen LogP contribution is 2.06. The Morgan fingerprint density at radius 3 is 2.82 bits per heavy atom. The predicted molar refractivity (Wildman–Crippen MR) is 39.9 cm³/mol. The van der Waals surface area contributed by atoms with Gasteiger partial charge in [0.15, 0.2) is 0 Å². The summed E-state index contributed by atoms with van der Waals surface area (Å²) in [6, 6.07) is 0. The minimum Gasteiger partial charge on any atom is -0.251 e. The molecular weight excluding hydrogens is 140 g/mol. The van der Waals surface area contributed by atoms with Crippen molar-refractivity contribution in [2.45, 2.75) is 6.92 Å². The fourth-order valence-electron chi connectivity index (χ4n) is 0.940. The number of rotatable bonds is 0. The van der Waals surface area contributed by atoms with E-state index in [1.165, 1.54) is 0 Å². The summed E-state index contributed by atoms with van der Waals surface area (Å²) in [4.78, 5) is 8.19. The van der Waals surface area contributed by atoms with Crippen LogP contribution >= 0.6 is 0 Å². The van der Waals surface area contributed by atoms with Crippen LogP contribution in [0.4, 0.5) is 0 Å². The van der Waals surface area contributed by atoms with Crippen LogP contribution < -0.4 is 0 Å². The van der Waals surface area contributed by atoms with Crippen LogP contribution in [0.25, 0.3) is 11.0 Å². The molecule has 0 unspecified atom stereocenters. The molecule has 0 aliphatic carbocycles. The van der Waals surface area contributed by atoms with Crippen molar-refractivity contribution in [3.63, 3.8) is 0 Å². The summed E-state index contributed by atoms with van der Waals surface area (Å²) in [5, 5.41) is 7.61. The maximum atomic E-state index is 4.12. The fourth-order valence-corrected chi connectivity index (χ4v) is 0.940. The van der Waals surface area contributed by atoms with Gasteiger partial charge in [0.1, 0.15) is 11.0 Å². The van der Waals surface area contributed by atoms with Gasteiger partial charge in [0.25, 0.3) is 0 Å². The van der Waals surface area contributed by atoms with Gasteiger partial charge in [0.05, 0.1) is 11.9 Å². The standard InChI is InChI=1S/C7H6N4/c1-5-7-6(4-10-11-5)8-2-3-9-7/h2-4H,1H3. The lowest BCUT2D eigenvalue weighted by molar-refractivity contribution is 0.987. The van der Waals surface area contributed by atoms with Gasteiger partial charge in [-0.05, 0) is 6.92 Å². The van der Waals surface area contributed by atoms with E-state index < -0.39 is 0 Å². The van der Waals surface area contributed by atoms with Crippen LogP contribution in [0.15, 0.2) is 18.6 Å². The number of aromatic nitrogens is 4. The zero-order valence-electron chi connectivity index (χ0n) is 6.02. The Balaban J connectivity index is 2.91. The molecule has 0 bridgehead atoms.